The van der Waals surface area contributed by atoms with Crippen LogP contribution in [-0.2, 0) is 9.59 Å². The molecule has 0 aliphatic heterocycles. The quantitative estimate of drug-likeness (QED) is 0.736. The first-order chi connectivity index (χ1) is 7.30. The highest BCUT2D eigenvalue weighted by molar-refractivity contribution is 5.83. The summed E-state index contributed by atoms with van der Waals surface area (Å²) in [7, 11) is 0. The summed E-state index contributed by atoms with van der Waals surface area (Å²) >= 11 is 0. The van der Waals surface area contributed by atoms with Crippen LogP contribution in [-0.4, -0.2) is 11.6 Å². The average molecular weight is 224 g/mol. The first-order valence-electron chi connectivity index (χ1n) is 6.33. The fourth-order valence-corrected chi connectivity index (χ4v) is 2.56. The van der Waals surface area contributed by atoms with Crippen LogP contribution in [0.5, 0.6) is 0 Å². The Hall–Kier alpha value is -0.660. The van der Waals surface area contributed by atoms with Crippen molar-refractivity contribution in [2.24, 2.45) is 17.3 Å². The molecular weight excluding hydrogens is 200 g/mol. The smallest absolute Gasteiger partial charge is 0.136 e. The van der Waals surface area contributed by atoms with Crippen LogP contribution in [0.3, 0.4) is 0 Å². The number of carbonyl (C=O) groups excluding carboxylic acids is 2. The van der Waals surface area contributed by atoms with Crippen molar-refractivity contribution in [3.63, 3.8) is 0 Å². The first-order valence-corrected chi connectivity index (χ1v) is 6.33. The van der Waals surface area contributed by atoms with Crippen LogP contribution in [0, 0.1) is 17.3 Å². The van der Waals surface area contributed by atoms with Gasteiger partial charge in [0.05, 0.1) is 0 Å². The third-order valence-electron chi connectivity index (χ3n) is 3.83. The highest BCUT2D eigenvalue weighted by Gasteiger charge is 2.34. The molecule has 92 valence electrons. The molecule has 0 radical (unpaired) electrons. The van der Waals surface area contributed by atoms with Crippen molar-refractivity contribution in [3.05, 3.63) is 0 Å². The van der Waals surface area contributed by atoms with E-state index in [2.05, 4.69) is 20.8 Å². The number of hydrogen-bond acceptors (Lipinski definition) is 2. The molecule has 2 heteroatoms. The zero-order valence-electron chi connectivity index (χ0n) is 11.0. The number of hydrogen-bond donors (Lipinski definition) is 0. The second-order valence-electron chi connectivity index (χ2n) is 6.24. The molecule has 1 saturated carbocycles. The van der Waals surface area contributed by atoms with Gasteiger partial charge in [-0.1, -0.05) is 20.8 Å². The molecule has 0 aromatic carbocycles. The Labute approximate surface area is 98.8 Å². The van der Waals surface area contributed by atoms with E-state index in [4.69, 9.17) is 0 Å². The Balaban J connectivity index is 2.55. The van der Waals surface area contributed by atoms with Gasteiger partial charge < -0.3 is 4.79 Å². The molecule has 0 N–H and O–H groups in total. The second-order valence-corrected chi connectivity index (χ2v) is 6.24. The van der Waals surface area contributed by atoms with Crippen LogP contribution in [0.25, 0.3) is 0 Å². The third-order valence-corrected chi connectivity index (χ3v) is 3.83. The minimum Gasteiger partial charge on any atom is -0.300 e. The Kier molecular flexibility index (Phi) is 4.28. The molecule has 1 aliphatic rings. The standard InChI is InChI=1S/C14H24O2/c1-10(15)5-6-11-9-12(14(2,3)4)7-8-13(11)16/h11-12H,5-9H2,1-4H3/t11-,12-/m0/s1. The van der Waals surface area contributed by atoms with Crippen molar-refractivity contribution < 1.29 is 9.59 Å². The Bertz CT molecular complexity index is 273. The first kappa shape index (κ1) is 13.4. The van der Waals surface area contributed by atoms with Gasteiger partial charge in [0, 0.05) is 18.8 Å². The van der Waals surface area contributed by atoms with Crippen molar-refractivity contribution in [2.75, 3.05) is 0 Å². The molecule has 0 saturated heterocycles. The maximum Gasteiger partial charge on any atom is 0.136 e. The summed E-state index contributed by atoms with van der Waals surface area (Å²) in [5.41, 5.74) is 0.287. The number of rotatable bonds is 3. The number of Topliss-reactive ketones (excluding diaryl/α,β-unsaturated/α-hetero) is 2. The normalized spacial score (nSPS) is 26.9. The zero-order valence-corrected chi connectivity index (χ0v) is 11.0. The number of carbonyl (C=O) groups is 2. The molecule has 1 rings (SSSR count). The van der Waals surface area contributed by atoms with Crippen LogP contribution < -0.4 is 0 Å². The van der Waals surface area contributed by atoms with Crippen LogP contribution in [0.15, 0.2) is 0 Å². The topological polar surface area (TPSA) is 34.1 Å². The van der Waals surface area contributed by atoms with Gasteiger partial charge in [0.1, 0.15) is 11.6 Å². The lowest BCUT2D eigenvalue weighted by atomic mass is 9.68. The highest BCUT2D eigenvalue weighted by Crippen LogP contribution is 2.40. The van der Waals surface area contributed by atoms with Crippen LogP contribution in [0.4, 0.5) is 0 Å². The lowest BCUT2D eigenvalue weighted by Gasteiger charge is -2.37. The summed E-state index contributed by atoms with van der Waals surface area (Å²) in [5, 5.41) is 0. The number of ketones is 2. The van der Waals surface area contributed by atoms with E-state index in [1.54, 1.807) is 6.92 Å². The fraction of sp³-hybridized carbons (Fsp3) is 0.857. The van der Waals surface area contributed by atoms with Crippen molar-refractivity contribution in [1.29, 1.82) is 0 Å². The summed E-state index contributed by atoms with van der Waals surface area (Å²) in [6, 6.07) is 0. The molecule has 0 aromatic rings. The second kappa shape index (κ2) is 5.11. The van der Waals surface area contributed by atoms with Gasteiger partial charge in [-0.3, -0.25) is 4.79 Å². The van der Waals surface area contributed by atoms with Crippen molar-refractivity contribution >= 4 is 11.6 Å². The van der Waals surface area contributed by atoms with E-state index in [1.165, 1.54) is 0 Å². The van der Waals surface area contributed by atoms with E-state index in [9.17, 15) is 9.59 Å². The maximum atomic E-state index is 11.8. The van der Waals surface area contributed by atoms with Gasteiger partial charge in [0.15, 0.2) is 0 Å². The Morgan fingerprint density at radius 1 is 1.38 bits per heavy atom. The maximum absolute atomic E-state index is 11.8. The fourth-order valence-electron chi connectivity index (χ4n) is 2.56. The lowest BCUT2D eigenvalue weighted by Crippen LogP contribution is -2.32. The van der Waals surface area contributed by atoms with Gasteiger partial charge >= 0.3 is 0 Å². The lowest BCUT2D eigenvalue weighted by molar-refractivity contribution is -0.127. The van der Waals surface area contributed by atoms with Gasteiger partial charge in [0.2, 0.25) is 0 Å². The molecule has 2 atom stereocenters. The van der Waals surface area contributed by atoms with Gasteiger partial charge in [-0.25, -0.2) is 0 Å². The van der Waals surface area contributed by atoms with Gasteiger partial charge in [-0.2, -0.15) is 0 Å². The minimum atomic E-state index is 0.141. The zero-order chi connectivity index (χ0) is 12.3. The van der Waals surface area contributed by atoms with E-state index < -0.39 is 0 Å². The molecular formula is C14H24O2. The van der Waals surface area contributed by atoms with Crippen molar-refractivity contribution in [3.8, 4) is 0 Å². The summed E-state index contributed by atoms with van der Waals surface area (Å²) in [4.78, 5) is 22.7. The SMILES string of the molecule is CC(=O)CC[C@H]1C[C@@H](C(C)(C)C)CCC1=O. The molecule has 1 aliphatic carbocycles. The predicted octanol–water partition coefficient (Wildman–Crippen LogP) is 3.39. The van der Waals surface area contributed by atoms with Crippen LogP contribution >= 0.6 is 0 Å². The summed E-state index contributed by atoms with van der Waals surface area (Å²) in [5.74, 6) is 1.34. The third kappa shape index (κ3) is 3.73. The molecule has 0 aromatic heterocycles. The van der Waals surface area contributed by atoms with Crippen molar-refractivity contribution in [1.82, 2.24) is 0 Å². The van der Waals surface area contributed by atoms with E-state index in [-0.39, 0.29) is 17.1 Å². The van der Waals surface area contributed by atoms with Gasteiger partial charge in [0.25, 0.3) is 0 Å². The summed E-state index contributed by atoms with van der Waals surface area (Å²) in [6.07, 6.45) is 4.05. The van der Waals surface area contributed by atoms with E-state index in [0.717, 1.165) is 19.3 Å². The summed E-state index contributed by atoms with van der Waals surface area (Å²) < 4.78 is 0. The van der Waals surface area contributed by atoms with Crippen molar-refractivity contribution in [2.45, 2.75) is 59.8 Å². The largest absolute Gasteiger partial charge is 0.300 e. The van der Waals surface area contributed by atoms with E-state index in [1.807, 2.05) is 0 Å². The van der Waals surface area contributed by atoms with E-state index >= 15 is 0 Å². The Morgan fingerprint density at radius 2 is 2.00 bits per heavy atom. The minimum absolute atomic E-state index is 0.141. The average Bonchev–Trinajstić information content (AvgIpc) is 2.14. The molecule has 0 amide bonds. The highest BCUT2D eigenvalue weighted by atomic mass is 16.1. The molecule has 0 bridgehead atoms. The molecule has 1 fully saturated rings. The van der Waals surface area contributed by atoms with Gasteiger partial charge in [-0.05, 0) is 37.5 Å². The predicted molar refractivity (Wildman–Crippen MR) is 65.2 cm³/mol. The van der Waals surface area contributed by atoms with Crippen LogP contribution in [0.1, 0.15) is 59.8 Å². The molecule has 0 spiro atoms. The van der Waals surface area contributed by atoms with Crippen LogP contribution in [0.2, 0.25) is 0 Å². The molecule has 0 heterocycles. The molecule has 2 nitrogen and oxygen atoms in total. The van der Waals surface area contributed by atoms with Gasteiger partial charge in [-0.15, -0.1) is 0 Å². The Morgan fingerprint density at radius 3 is 2.50 bits per heavy atom. The molecule has 16 heavy (non-hydrogen) atoms. The summed E-state index contributed by atoms with van der Waals surface area (Å²) in [6.45, 7) is 8.34. The monoisotopic (exact) mass is 224 g/mol. The van der Waals surface area contributed by atoms with E-state index in [0.29, 0.717) is 24.5 Å². The molecule has 0 unspecified atom stereocenters.